The molecule has 9 heteroatoms. The third kappa shape index (κ3) is 6.12. The first kappa shape index (κ1) is 29.8. The Morgan fingerprint density at radius 2 is 1.44 bits per heavy atom. The van der Waals surface area contributed by atoms with Crippen LogP contribution in [0.15, 0.2) is 114 Å². The maximum absolute atomic E-state index is 14.1. The van der Waals surface area contributed by atoms with Crippen molar-refractivity contribution in [3.8, 4) is 16.9 Å². The number of ether oxygens (including phenoxy) is 1. The molecule has 4 aromatic rings. The van der Waals surface area contributed by atoms with Crippen LogP contribution >= 0.6 is 0 Å². The molecule has 1 heterocycles. The second-order valence-corrected chi connectivity index (χ2v) is 12.9. The summed E-state index contributed by atoms with van der Waals surface area (Å²) in [5.41, 5.74) is 3.42. The highest BCUT2D eigenvalue weighted by atomic mass is 32.2. The molecule has 1 atom stereocenters. The molecule has 1 saturated heterocycles. The number of rotatable bonds is 10. The lowest BCUT2D eigenvalue weighted by Gasteiger charge is -2.41. The lowest BCUT2D eigenvalue weighted by atomic mass is 9.93. The molecule has 0 aliphatic carbocycles. The normalized spacial score (nSPS) is 15.3. The highest BCUT2D eigenvalue weighted by Crippen LogP contribution is 2.37. The molecular weight excluding hydrogens is 564 g/mol. The predicted molar refractivity (Wildman–Crippen MR) is 166 cm³/mol. The SMILES string of the molecule is COc1ccccc1-c1ccc(C[C@H](NC(=O)C2(S(=O)(=O)c3ccccc3)CCN(c3ccccc3)CC2)C(=O)O)cc1. The van der Waals surface area contributed by atoms with Crippen LogP contribution in [0.3, 0.4) is 0 Å². The summed E-state index contributed by atoms with van der Waals surface area (Å²) in [7, 11) is -2.56. The Morgan fingerprint density at radius 1 is 0.860 bits per heavy atom. The van der Waals surface area contributed by atoms with Gasteiger partial charge in [0.2, 0.25) is 5.91 Å². The molecule has 0 unspecified atom stereocenters. The van der Waals surface area contributed by atoms with E-state index >= 15 is 0 Å². The van der Waals surface area contributed by atoms with Crippen LogP contribution in [0, 0.1) is 0 Å². The van der Waals surface area contributed by atoms with E-state index in [0.717, 1.165) is 16.8 Å². The van der Waals surface area contributed by atoms with Crippen molar-refractivity contribution < 1.29 is 27.9 Å². The zero-order valence-corrected chi connectivity index (χ0v) is 24.7. The van der Waals surface area contributed by atoms with Gasteiger partial charge < -0.3 is 20.1 Å². The topological polar surface area (TPSA) is 113 Å². The van der Waals surface area contributed by atoms with E-state index in [0.29, 0.717) is 24.4 Å². The molecule has 1 fully saturated rings. The molecule has 0 spiro atoms. The van der Waals surface area contributed by atoms with E-state index in [9.17, 15) is 23.1 Å². The maximum atomic E-state index is 14.1. The second kappa shape index (κ2) is 12.7. The largest absolute Gasteiger partial charge is 0.496 e. The van der Waals surface area contributed by atoms with E-state index in [1.54, 1.807) is 37.4 Å². The minimum absolute atomic E-state index is 0.00904. The van der Waals surface area contributed by atoms with Gasteiger partial charge in [-0.1, -0.05) is 78.9 Å². The van der Waals surface area contributed by atoms with E-state index in [1.165, 1.54) is 12.1 Å². The smallest absolute Gasteiger partial charge is 0.326 e. The lowest BCUT2D eigenvalue weighted by molar-refractivity contribution is -0.142. The first-order valence-electron chi connectivity index (χ1n) is 14.1. The Morgan fingerprint density at radius 3 is 2.05 bits per heavy atom. The fraction of sp³-hybridized carbons (Fsp3) is 0.235. The zero-order valence-electron chi connectivity index (χ0n) is 23.8. The highest BCUT2D eigenvalue weighted by Gasteiger charge is 2.53. The molecule has 0 bridgehead atoms. The number of sulfone groups is 1. The van der Waals surface area contributed by atoms with Crippen molar-refractivity contribution in [2.75, 3.05) is 25.1 Å². The van der Waals surface area contributed by atoms with E-state index < -0.39 is 32.5 Å². The van der Waals surface area contributed by atoms with Crippen molar-refractivity contribution in [3.05, 3.63) is 115 Å². The minimum atomic E-state index is -4.16. The molecule has 0 radical (unpaired) electrons. The van der Waals surface area contributed by atoms with E-state index in [1.807, 2.05) is 71.6 Å². The summed E-state index contributed by atoms with van der Waals surface area (Å²) in [6.07, 6.45) is 0.0285. The Bertz CT molecular complexity index is 1670. The summed E-state index contributed by atoms with van der Waals surface area (Å²) in [4.78, 5) is 28.5. The first-order chi connectivity index (χ1) is 20.7. The molecule has 0 saturated carbocycles. The van der Waals surface area contributed by atoms with Crippen LogP contribution in [0.25, 0.3) is 11.1 Å². The summed E-state index contributed by atoms with van der Waals surface area (Å²) in [5, 5.41) is 12.7. The molecule has 43 heavy (non-hydrogen) atoms. The van der Waals surface area contributed by atoms with Crippen LogP contribution in [0.4, 0.5) is 5.69 Å². The number of nitrogens with zero attached hydrogens (tertiary/aromatic N) is 1. The quantitative estimate of drug-likeness (QED) is 0.265. The van der Waals surface area contributed by atoms with Gasteiger partial charge in [-0.25, -0.2) is 13.2 Å². The second-order valence-electron chi connectivity index (χ2n) is 10.6. The van der Waals surface area contributed by atoms with Crippen molar-refractivity contribution >= 4 is 27.4 Å². The third-order valence-corrected chi connectivity index (χ3v) is 10.6. The van der Waals surface area contributed by atoms with E-state index in [4.69, 9.17) is 4.74 Å². The van der Waals surface area contributed by atoms with Crippen molar-refractivity contribution in [1.29, 1.82) is 0 Å². The molecule has 4 aromatic carbocycles. The fourth-order valence-electron chi connectivity index (χ4n) is 5.64. The molecule has 222 valence electrons. The summed E-state index contributed by atoms with van der Waals surface area (Å²) >= 11 is 0. The van der Waals surface area contributed by atoms with Crippen LogP contribution in [-0.4, -0.2) is 56.4 Å². The van der Waals surface area contributed by atoms with Gasteiger partial charge in [0, 0.05) is 30.8 Å². The number of methoxy groups -OCH3 is 1. The molecule has 1 amide bonds. The number of piperidine rings is 1. The van der Waals surface area contributed by atoms with Gasteiger partial charge in [-0.05, 0) is 54.3 Å². The van der Waals surface area contributed by atoms with E-state index in [2.05, 4.69) is 5.32 Å². The van der Waals surface area contributed by atoms with Crippen molar-refractivity contribution in [3.63, 3.8) is 0 Å². The van der Waals surface area contributed by atoms with Gasteiger partial charge in [0.25, 0.3) is 0 Å². The maximum Gasteiger partial charge on any atom is 0.326 e. The number of carbonyl (C=O) groups excluding carboxylic acids is 1. The summed E-state index contributed by atoms with van der Waals surface area (Å²) in [6, 6.07) is 31.1. The van der Waals surface area contributed by atoms with E-state index in [-0.39, 0.29) is 24.2 Å². The fourth-order valence-corrected chi connectivity index (χ4v) is 7.63. The number of amides is 1. The number of aliphatic carboxylic acids is 1. The summed E-state index contributed by atoms with van der Waals surface area (Å²) in [5.74, 6) is -1.31. The number of hydrogen-bond donors (Lipinski definition) is 2. The number of nitrogens with one attached hydrogen (secondary N) is 1. The standard InChI is InChI=1S/C34H34N2O6S/c1-42-31-15-9-8-14-29(31)26-18-16-25(17-19-26)24-30(32(37)38)35-33(39)34(43(40,41)28-12-6-3-7-13-28)20-22-36(23-21-34)27-10-4-2-5-11-27/h2-19,30H,20-24H2,1H3,(H,35,39)(H,37,38)/t30-/m0/s1. The number of carboxylic acids is 1. The number of hydrogen-bond acceptors (Lipinski definition) is 6. The van der Waals surface area contributed by atoms with Gasteiger partial charge in [0.15, 0.2) is 14.6 Å². The molecule has 8 nitrogen and oxygen atoms in total. The van der Waals surface area contributed by atoms with Crippen molar-refractivity contribution in [2.24, 2.45) is 0 Å². The van der Waals surface area contributed by atoms with Gasteiger partial charge in [0.1, 0.15) is 11.8 Å². The molecule has 1 aliphatic heterocycles. The predicted octanol–water partition coefficient (Wildman–Crippen LogP) is 4.99. The van der Waals surface area contributed by atoms with Gasteiger partial charge in [0.05, 0.1) is 12.0 Å². The zero-order chi connectivity index (χ0) is 30.5. The monoisotopic (exact) mass is 598 g/mol. The molecule has 1 aliphatic rings. The van der Waals surface area contributed by atoms with Crippen LogP contribution < -0.4 is 15.0 Å². The van der Waals surface area contributed by atoms with Gasteiger partial charge in [-0.15, -0.1) is 0 Å². The first-order valence-corrected chi connectivity index (χ1v) is 15.6. The average molecular weight is 599 g/mol. The van der Waals surface area contributed by atoms with Crippen LogP contribution in [0.5, 0.6) is 5.75 Å². The molecule has 0 aromatic heterocycles. The summed E-state index contributed by atoms with van der Waals surface area (Å²) in [6.45, 7) is 0.650. The highest BCUT2D eigenvalue weighted by molar-refractivity contribution is 7.93. The minimum Gasteiger partial charge on any atom is -0.496 e. The van der Waals surface area contributed by atoms with Crippen LogP contribution in [0.1, 0.15) is 18.4 Å². The molecular formula is C34H34N2O6S. The number of anilines is 1. The lowest BCUT2D eigenvalue weighted by Crippen LogP contribution is -2.60. The summed E-state index contributed by atoms with van der Waals surface area (Å²) < 4.78 is 31.8. The Labute approximate surface area is 251 Å². The van der Waals surface area contributed by atoms with Gasteiger partial charge in [-0.3, -0.25) is 4.79 Å². The van der Waals surface area contributed by atoms with Crippen LogP contribution in [-0.2, 0) is 25.8 Å². The number of benzene rings is 4. The Kier molecular flexibility index (Phi) is 8.82. The van der Waals surface area contributed by atoms with Gasteiger partial charge >= 0.3 is 5.97 Å². The molecule has 2 N–H and O–H groups in total. The average Bonchev–Trinajstić information content (AvgIpc) is 3.05. The number of para-hydroxylation sites is 2. The Balaban J connectivity index is 1.40. The van der Waals surface area contributed by atoms with Crippen molar-refractivity contribution in [1.82, 2.24) is 5.32 Å². The number of carboxylic acid groups (broad SMARTS) is 1. The third-order valence-electron chi connectivity index (χ3n) is 8.09. The van der Waals surface area contributed by atoms with Crippen molar-refractivity contribution in [2.45, 2.75) is 34.9 Å². The van der Waals surface area contributed by atoms with Gasteiger partial charge in [-0.2, -0.15) is 0 Å². The molecule has 5 rings (SSSR count). The number of carbonyl (C=O) groups is 2. The Hall–Kier alpha value is -4.63. The van der Waals surface area contributed by atoms with Crippen LogP contribution in [0.2, 0.25) is 0 Å².